The number of rotatable bonds is 6. The fourth-order valence-corrected chi connectivity index (χ4v) is 2.60. The van der Waals surface area contributed by atoms with E-state index in [0.717, 1.165) is 0 Å². The van der Waals surface area contributed by atoms with Crippen LogP contribution in [0.5, 0.6) is 0 Å². The Balaban J connectivity index is 2.05. The van der Waals surface area contributed by atoms with Crippen LogP contribution >= 0.6 is 0 Å². The highest BCUT2D eigenvalue weighted by molar-refractivity contribution is 5.94. The first kappa shape index (κ1) is 17.7. The van der Waals surface area contributed by atoms with Crippen molar-refractivity contribution < 1.29 is 4.79 Å². The lowest BCUT2D eigenvalue weighted by Crippen LogP contribution is -2.41. The highest BCUT2D eigenvalue weighted by Crippen LogP contribution is 2.22. The number of carbonyl (C=O) groups is 1. The third-order valence-electron chi connectivity index (χ3n) is 3.91. The summed E-state index contributed by atoms with van der Waals surface area (Å²) in [5, 5.41) is 15.2. The largest absolute Gasteiger partial charge is 0.325 e. The number of carbonyl (C=O) groups excluding carboxylic acids is 1. The number of anilines is 1. The Kier molecular flexibility index (Phi) is 6.11. The smallest absolute Gasteiger partial charge is 0.241 e. The van der Waals surface area contributed by atoms with Gasteiger partial charge in [-0.05, 0) is 36.6 Å². The van der Waals surface area contributed by atoms with E-state index in [1.807, 2.05) is 25.1 Å². The van der Waals surface area contributed by atoms with Gasteiger partial charge in [-0.25, -0.2) is 0 Å². The molecule has 2 aromatic rings. The molecule has 0 aromatic heterocycles. The van der Waals surface area contributed by atoms with Crippen LogP contribution in [0.4, 0.5) is 5.69 Å². The summed E-state index contributed by atoms with van der Waals surface area (Å²) in [6.07, 6.45) is 0. The molecule has 0 saturated heterocycles. The van der Waals surface area contributed by atoms with Crippen LogP contribution in [0.25, 0.3) is 0 Å². The highest BCUT2D eigenvalue weighted by Gasteiger charge is 2.21. The van der Waals surface area contributed by atoms with Crippen LogP contribution in [0.1, 0.15) is 37.9 Å². The highest BCUT2D eigenvalue weighted by atomic mass is 16.2. The van der Waals surface area contributed by atoms with E-state index in [9.17, 15) is 4.79 Å². The molecule has 2 atom stereocenters. The van der Waals surface area contributed by atoms with Gasteiger partial charge in [0.05, 0.1) is 17.7 Å². The first-order valence-corrected chi connectivity index (χ1v) is 8.13. The summed E-state index contributed by atoms with van der Waals surface area (Å²) in [5.41, 5.74) is 2.32. The lowest BCUT2D eigenvalue weighted by Gasteiger charge is -2.26. The molecular weight excluding hydrogens is 298 g/mol. The number of nitriles is 1. The quantitative estimate of drug-likeness (QED) is 0.849. The molecule has 0 saturated carbocycles. The van der Waals surface area contributed by atoms with Crippen LogP contribution in [0, 0.1) is 17.2 Å². The minimum Gasteiger partial charge on any atom is -0.325 e. The topological polar surface area (TPSA) is 64.9 Å². The van der Waals surface area contributed by atoms with Gasteiger partial charge in [0, 0.05) is 11.7 Å². The summed E-state index contributed by atoms with van der Waals surface area (Å²) >= 11 is 0. The van der Waals surface area contributed by atoms with Crippen molar-refractivity contribution in [1.82, 2.24) is 5.32 Å². The van der Waals surface area contributed by atoms with Gasteiger partial charge in [-0.15, -0.1) is 0 Å². The molecule has 0 unspecified atom stereocenters. The molecule has 0 aliphatic carbocycles. The van der Waals surface area contributed by atoms with E-state index < -0.39 is 0 Å². The molecule has 0 spiro atoms. The maximum Gasteiger partial charge on any atom is 0.241 e. The van der Waals surface area contributed by atoms with Crippen LogP contribution in [-0.4, -0.2) is 11.9 Å². The lowest BCUT2D eigenvalue weighted by molar-refractivity contribution is -0.118. The van der Waals surface area contributed by atoms with Crippen LogP contribution in [-0.2, 0) is 4.79 Å². The van der Waals surface area contributed by atoms with E-state index in [1.165, 1.54) is 5.56 Å². The van der Waals surface area contributed by atoms with Gasteiger partial charge >= 0.3 is 0 Å². The zero-order valence-corrected chi connectivity index (χ0v) is 14.3. The van der Waals surface area contributed by atoms with Gasteiger partial charge in [0.25, 0.3) is 0 Å². The molecule has 4 heteroatoms. The summed E-state index contributed by atoms with van der Waals surface area (Å²) in [4.78, 5) is 12.4. The second-order valence-corrected chi connectivity index (χ2v) is 6.20. The van der Waals surface area contributed by atoms with Gasteiger partial charge in [-0.2, -0.15) is 5.26 Å². The van der Waals surface area contributed by atoms with E-state index in [0.29, 0.717) is 17.2 Å². The molecule has 124 valence electrons. The van der Waals surface area contributed by atoms with Gasteiger partial charge in [-0.3, -0.25) is 10.1 Å². The Morgan fingerprint density at radius 1 is 1.04 bits per heavy atom. The Morgan fingerprint density at radius 3 is 2.38 bits per heavy atom. The summed E-state index contributed by atoms with van der Waals surface area (Å²) < 4.78 is 0. The number of benzene rings is 2. The van der Waals surface area contributed by atoms with Gasteiger partial charge in [0.2, 0.25) is 5.91 Å². The SMILES string of the molecule is CC(C)[C@@H](N[C@H](C)C(=O)Nc1cccc(C#N)c1)c1ccccc1. The minimum atomic E-state index is -0.358. The molecular formula is C20H23N3O. The molecule has 0 aliphatic rings. The predicted molar refractivity (Wildman–Crippen MR) is 96.4 cm³/mol. The van der Waals surface area contributed by atoms with Crippen LogP contribution in [0.2, 0.25) is 0 Å². The van der Waals surface area contributed by atoms with Gasteiger partial charge < -0.3 is 5.32 Å². The fraction of sp³-hybridized carbons (Fsp3) is 0.300. The Labute approximate surface area is 143 Å². The first-order chi connectivity index (χ1) is 11.5. The lowest BCUT2D eigenvalue weighted by atomic mass is 9.95. The van der Waals surface area contributed by atoms with Crippen molar-refractivity contribution in [3.63, 3.8) is 0 Å². The zero-order valence-electron chi connectivity index (χ0n) is 14.3. The molecule has 0 heterocycles. The van der Waals surface area contributed by atoms with E-state index in [2.05, 4.69) is 42.7 Å². The third-order valence-corrected chi connectivity index (χ3v) is 3.91. The number of amides is 1. The van der Waals surface area contributed by atoms with E-state index in [4.69, 9.17) is 5.26 Å². The molecule has 0 aliphatic heterocycles. The molecule has 2 rings (SSSR count). The predicted octanol–water partition coefficient (Wildman–Crippen LogP) is 3.87. The Hall–Kier alpha value is -2.64. The molecule has 0 fully saturated rings. The second-order valence-electron chi connectivity index (χ2n) is 6.20. The Bertz CT molecular complexity index is 719. The number of hydrogen-bond donors (Lipinski definition) is 2. The summed E-state index contributed by atoms with van der Waals surface area (Å²) in [6.45, 7) is 6.11. The summed E-state index contributed by atoms with van der Waals surface area (Å²) in [6, 6.07) is 18.9. The van der Waals surface area contributed by atoms with E-state index >= 15 is 0 Å². The molecule has 2 aromatic carbocycles. The van der Waals surface area contributed by atoms with E-state index in [1.54, 1.807) is 24.3 Å². The zero-order chi connectivity index (χ0) is 17.5. The number of nitrogens with zero attached hydrogens (tertiary/aromatic N) is 1. The minimum absolute atomic E-state index is 0.0948. The van der Waals surface area contributed by atoms with Crippen molar-refractivity contribution in [3.8, 4) is 6.07 Å². The molecule has 4 nitrogen and oxygen atoms in total. The van der Waals surface area contributed by atoms with Crippen molar-refractivity contribution >= 4 is 11.6 Å². The van der Waals surface area contributed by atoms with Gasteiger partial charge in [0.15, 0.2) is 0 Å². The normalized spacial score (nSPS) is 13.1. The van der Waals surface area contributed by atoms with Crippen LogP contribution < -0.4 is 10.6 Å². The molecule has 24 heavy (non-hydrogen) atoms. The van der Waals surface area contributed by atoms with Crippen LogP contribution in [0.15, 0.2) is 54.6 Å². The second kappa shape index (κ2) is 8.28. The fourth-order valence-electron chi connectivity index (χ4n) is 2.60. The summed E-state index contributed by atoms with van der Waals surface area (Å²) in [7, 11) is 0. The molecule has 2 N–H and O–H groups in total. The first-order valence-electron chi connectivity index (χ1n) is 8.13. The number of hydrogen-bond acceptors (Lipinski definition) is 3. The standard InChI is InChI=1S/C20H23N3O/c1-14(2)19(17-9-5-4-6-10-17)22-15(3)20(24)23-18-11-7-8-16(12-18)13-21/h4-12,14-15,19,22H,1-3H3,(H,23,24)/t15-,19-/m1/s1. The maximum atomic E-state index is 12.4. The molecule has 0 radical (unpaired) electrons. The average molecular weight is 321 g/mol. The van der Waals surface area contributed by atoms with Crippen molar-refractivity contribution in [2.75, 3.05) is 5.32 Å². The van der Waals surface area contributed by atoms with Gasteiger partial charge in [0.1, 0.15) is 0 Å². The van der Waals surface area contributed by atoms with Crippen molar-refractivity contribution in [3.05, 3.63) is 65.7 Å². The van der Waals surface area contributed by atoms with Crippen LogP contribution in [0.3, 0.4) is 0 Å². The average Bonchev–Trinajstić information content (AvgIpc) is 2.60. The van der Waals surface area contributed by atoms with Crippen molar-refractivity contribution in [2.45, 2.75) is 32.9 Å². The van der Waals surface area contributed by atoms with E-state index in [-0.39, 0.29) is 18.0 Å². The Morgan fingerprint density at radius 2 is 1.75 bits per heavy atom. The molecule has 1 amide bonds. The maximum absolute atomic E-state index is 12.4. The number of nitrogens with one attached hydrogen (secondary N) is 2. The molecule has 0 bridgehead atoms. The summed E-state index contributed by atoms with van der Waals surface area (Å²) in [5.74, 6) is 0.233. The third kappa shape index (κ3) is 4.68. The van der Waals surface area contributed by atoms with Crippen molar-refractivity contribution in [1.29, 1.82) is 5.26 Å². The monoisotopic (exact) mass is 321 g/mol. The van der Waals surface area contributed by atoms with Crippen molar-refractivity contribution in [2.24, 2.45) is 5.92 Å². The van der Waals surface area contributed by atoms with Gasteiger partial charge in [-0.1, -0.05) is 50.2 Å².